The summed E-state index contributed by atoms with van der Waals surface area (Å²) in [5.74, 6) is 0.980. The van der Waals surface area contributed by atoms with E-state index in [1.165, 1.54) is 5.06 Å². The molecule has 0 aliphatic carbocycles. The van der Waals surface area contributed by atoms with Crippen molar-refractivity contribution >= 4 is 5.91 Å². The first-order valence-corrected chi connectivity index (χ1v) is 7.09. The van der Waals surface area contributed by atoms with Crippen molar-refractivity contribution in [2.45, 2.75) is 25.5 Å². The summed E-state index contributed by atoms with van der Waals surface area (Å²) in [6.07, 6.45) is 2.80. The van der Waals surface area contributed by atoms with Gasteiger partial charge in [0.2, 0.25) is 5.91 Å². The van der Waals surface area contributed by atoms with Crippen molar-refractivity contribution in [3.63, 3.8) is 0 Å². The van der Waals surface area contributed by atoms with Crippen LogP contribution in [-0.2, 0) is 16.2 Å². The van der Waals surface area contributed by atoms with Crippen LogP contribution in [0.3, 0.4) is 0 Å². The molecule has 20 heavy (non-hydrogen) atoms. The van der Waals surface area contributed by atoms with E-state index in [9.17, 15) is 9.90 Å². The van der Waals surface area contributed by atoms with E-state index in [2.05, 4.69) is 4.90 Å². The molecule has 2 fully saturated rings. The van der Waals surface area contributed by atoms with Crippen LogP contribution in [0.5, 0.6) is 0 Å². The third-order valence-electron chi connectivity index (χ3n) is 3.94. The van der Waals surface area contributed by atoms with Gasteiger partial charge < -0.3 is 9.52 Å². The SMILES string of the molecule is O=C(C1CCN(Cc2ccco2)CC1)N1C[C@@H](O)CO1. The number of carbonyl (C=O) groups is 1. The van der Waals surface area contributed by atoms with E-state index in [-0.39, 0.29) is 18.4 Å². The van der Waals surface area contributed by atoms with Gasteiger partial charge in [-0.05, 0) is 38.1 Å². The van der Waals surface area contributed by atoms with E-state index >= 15 is 0 Å². The van der Waals surface area contributed by atoms with Gasteiger partial charge in [-0.1, -0.05) is 0 Å². The van der Waals surface area contributed by atoms with Crippen molar-refractivity contribution in [3.8, 4) is 0 Å². The first kappa shape index (κ1) is 13.6. The number of carbonyl (C=O) groups excluding carboxylic acids is 1. The number of amides is 1. The summed E-state index contributed by atoms with van der Waals surface area (Å²) >= 11 is 0. The molecule has 1 atom stereocenters. The molecule has 2 aliphatic heterocycles. The van der Waals surface area contributed by atoms with Crippen molar-refractivity contribution in [1.29, 1.82) is 0 Å². The van der Waals surface area contributed by atoms with Crippen molar-refractivity contribution < 1.29 is 19.2 Å². The number of furan rings is 1. The predicted octanol–water partition coefficient (Wildman–Crippen LogP) is 0.626. The maximum absolute atomic E-state index is 12.2. The molecular formula is C14H20N2O4. The van der Waals surface area contributed by atoms with E-state index in [1.807, 2.05) is 12.1 Å². The van der Waals surface area contributed by atoms with Gasteiger partial charge in [0.25, 0.3) is 0 Å². The molecule has 0 aromatic carbocycles. The number of aliphatic hydroxyl groups excluding tert-OH is 1. The monoisotopic (exact) mass is 280 g/mol. The normalized spacial score (nSPS) is 25.2. The molecule has 6 nitrogen and oxygen atoms in total. The quantitative estimate of drug-likeness (QED) is 0.879. The molecule has 0 unspecified atom stereocenters. The van der Waals surface area contributed by atoms with Gasteiger partial charge in [-0.2, -0.15) is 0 Å². The molecule has 1 N–H and O–H groups in total. The summed E-state index contributed by atoms with van der Waals surface area (Å²) in [5, 5.41) is 10.7. The van der Waals surface area contributed by atoms with Crippen LogP contribution in [0.1, 0.15) is 18.6 Å². The molecule has 2 aliphatic rings. The van der Waals surface area contributed by atoms with E-state index in [0.717, 1.165) is 38.2 Å². The molecular weight excluding hydrogens is 260 g/mol. The van der Waals surface area contributed by atoms with Gasteiger partial charge in [-0.15, -0.1) is 0 Å². The van der Waals surface area contributed by atoms with Crippen LogP contribution < -0.4 is 0 Å². The maximum atomic E-state index is 12.2. The molecule has 110 valence electrons. The Morgan fingerprint density at radius 2 is 2.20 bits per heavy atom. The highest BCUT2D eigenvalue weighted by Crippen LogP contribution is 2.22. The Kier molecular flexibility index (Phi) is 4.05. The summed E-state index contributed by atoms with van der Waals surface area (Å²) in [5.41, 5.74) is 0. The van der Waals surface area contributed by atoms with E-state index < -0.39 is 6.10 Å². The number of likely N-dealkylation sites (tertiary alicyclic amines) is 1. The van der Waals surface area contributed by atoms with Gasteiger partial charge in [-0.3, -0.25) is 14.5 Å². The summed E-state index contributed by atoms with van der Waals surface area (Å²) in [6, 6.07) is 3.86. The van der Waals surface area contributed by atoms with Crippen LogP contribution in [0, 0.1) is 5.92 Å². The highest BCUT2D eigenvalue weighted by molar-refractivity contribution is 5.78. The molecule has 3 heterocycles. The molecule has 3 rings (SSSR count). The number of rotatable bonds is 3. The Morgan fingerprint density at radius 1 is 1.40 bits per heavy atom. The predicted molar refractivity (Wildman–Crippen MR) is 70.4 cm³/mol. The highest BCUT2D eigenvalue weighted by Gasteiger charge is 2.33. The first-order chi connectivity index (χ1) is 9.72. The fourth-order valence-electron chi connectivity index (χ4n) is 2.79. The molecule has 1 aromatic heterocycles. The Bertz CT molecular complexity index is 440. The largest absolute Gasteiger partial charge is 0.468 e. The number of nitrogens with zero attached hydrogens (tertiary/aromatic N) is 2. The van der Waals surface area contributed by atoms with Gasteiger partial charge >= 0.3 is 0 Å². The fraction of sp³-hybridized carbons (Fsp3) is 0.643. The van der Waals surface area contributed by atoms with Crippen LogP contribution in [0.2, 0.25) is 0 Å². The van der Waals surface area contributed by atoms with Gasteiger partial charge in [0.1, 0.15) is 12.4 Å². The second kappa shape index (κ2) is 5.95. The van der Waals surface area contributed by atoms with Crippen LogP contribution >= 0.6 is 0 Å². The lowest BCUT2D eigenvalue weighted by molar-refractivity contribution is -0.175. The number of hydrogen-bond acceptors (Lipinski definition) is 5. The van der Waals surface area contributed by atoms with Crippen LogP contribution in [-0.4, -0.2) is 53.3 Å². The Morgan fingerprint density at radius 3 is 2.80 bits per heavy atom. The smallest absolute Gasteiger partial charge is 0.249 e. The lowest BCUT2D eigenvalue weighted by Gasteiger charge is -2.32. The Balaban J connectivity index is 1.47. The molecule has 1 amide bonds. The van der Waals surface area contributed by atoms with Crippen LogP contribution in [0.25, 0.3) is 0 Å². The second-order valence-electron chi connectivity index (χ2n) is 5.48. The van der Waals surface area contributed by atoms with Gasteiger partial charge in [-0.25, -0.2) is 5.06 Å². The number of aliphatic hydroxyl groups is 1. The third-order valence-corrected chi connectivity index (χ3v) is 3.94. The molecule has 0 bridgehead atoms. The van der Waals surface area contributed by atoms with E-state index in [1.54, 1.807) is 6.26 Å². The summed E-state index contributed by atoms with van der Waals surface area (Å²) in [6.45, 7) is 3.09. The zero-order chi connectivity index (χ0) is 13.9. The third kappa shape index (κ3) is 3.03. The Hall–Kier alpha value is -1.37. The lowest BCUT2D eigenvalue weighted by atomic mass is 9.95. The van der Waals surface area contributed by atoms with E-state index in [4.69, 9.17) is 9.25 Å². The molecule has 6 heteroatoms. The number of β-amino-alcohol motifs (C(OH)–C–C–N with tert-alkyl or cyclic N) is 1. The molecule has 0 spiro atoms. The molecule has 2 saturated heterocycles. The van der Waals surface area contributed by atoms with Gasteiger partial charge in [0.15, 0.2) is 0 Å². The zero-order valence-corrected chi connectivity index (χ0v) is 11.4. The molecule has 0 radical (unpaired) electrons. The highest BCUT2D eigenvalue weighted by atomic mass is 16.7. The first-order valence-electron chi connectivity index (χ1n) is 7.09. The fourth-order valence-corrected chi connectivity index (χ4v) is 2.79. The maximum Gasteiger partial charge on any atom is 0.249 e. The Labute approximate surface area is 117 Å². The number of hydrogen-bond donors (Lipinski definition) is 1. The average Bonchev–Trinajstić information content (AvgIpc) is 3.10. The average molecular weight is 280 g/mol. The van der Waals surface area contributed by atoms with Crippen molar-refractivity contribution in [2.24, 2.45) is 5.92 Å². The molecule has 1 aromatic rings. The minimum absolute atomic E-state index is 0.00755. The lowest BCUT2D eigenvalue weighted by Crippen LogP contribution is -2.41. The van der Waals surface area contributed by atoms with Gasteiger partial charge in [0.05, 0.1) is 25.5 Å². The van der Waals surface area contributed by atoms with Crippen molar-refractivity contribution in [3.05, 3.63) is 24.2 Å². The van der Waals surface area contributed by atoms with E-state index in [0.29, 0.717) is 6.54 Å². The number of piperidine rings is 1. The minimum Gasteiger partial charge on any atom is -0.468 e. The number of hydroxylamine groups is 2. The standard InChI is InChI=1S/C14H20N2O4/c17-12-8-16(20-10-12)14(18)11-3-5-15(6-4-11)9-13-2-1-7-19-13/h1-2,7,11-12,17H,3-6,8-10H2/t12-/m1/s1. The zero-order valence-electron chi connectivity index (χ0n) is 11.4. The minimum atomic E-state index is -0.544. The summed E-state index contributed by atoms with van der Waals surface area (Å²) < 4.78 is 5.34. The summed E-state index contributed by atoms with van der Waals surface area (Å²) in [7, 11) is 0. The second-order valence-corrected chi connectivity index (χ2v) is 5.48. The van der Waals surface area contributed by atoms with Crippen LogP contribution in [0.15, 0.2) is 22.8 Å². The molecule has 0 saturated carbocycles. The van der Waals surface area contributed by atoms with Gasteiger partial charge in [0, 0.05) is 5.92 Å². The van der Waals surface area contributed by atoms with Crippen molar-refractivity contribution in [2.75, 3.05) is 26.2 Å². The van der Waals surface area contributed by atoms with Crippen LogP contribution in [0.4, 0.5) is 0 Å². The summed E-state index contributed by atoms with van der Waals surface area (Å²) in [4.78, 5) is 19.7. The van der Waals surface area contributed by atoms with Crippen molar-refractivity contribution in [1.82, 2.24) is 9.96 Å². The topological polar surface area (TPSA) is 66.2 Å².